The quantitative estimate of drug-likeness (QED) is 0.0564. The van der Waals surface area contributed by atoms with Crippen molar-refractivity contribution in [2.24, 2.45) is 0 Å². The first-order chi connectivity index (χ1) is 35.1. The van der Waals surface area contributed by atoms with Crippen LogP contribution in [0.1, 0.15) is 55.4 Å². The molecule has 6 fully saturated rings. The van der Waals surface area contributed by atoms with Gasteiger partial charge in [0, 0.05) is 44.6 Å². The Bertz CT molecular complexity index is 1990. The highest BCUT2D eigenvalue weighted by molar-refractivity contribution is 7.03. The molecule has 76 heavy (non-hydrogen) atoms. The molecule has 0 aromatic heterocycles. The fraction of sp³-hybridized carbons (Fsp3) is 0.400. The summed E-state index contributed by atoms with van der Waals surface area (Å²) < 4.78 is 129. The number of rotatable bonds is 24. The molecular formula is C40H56O28Si8. The van der Waals surface area contributed by atoms with Gasteiger partial charge >= 0.3 is 118 Å². The van der Waals surface area contributed by atoms with Crippen LogP contribution in [0.4, 0.5) is 0 Å². The van der Waals surface area contributed by atoms with E-state index in [9.17, 15) is 38.4 Å². The maximum atomic E-state index is 13.5. The van der Waals surface area contributed by atoms with E-state index < -0.39 is 168 Å². The monoisotopic (exact) mass is 1210 g/mol. The van der Waals surface area contributed by atoms with E-state index in [1.54, 1.807) is 0 Å². The summed E-state index contributed by atoms with van der Waals surface area (Å²) in [6, 6.07) is 0. The third-order valence-corrected chi connectivity index (χ3v) is 43.4. The van der Waals surface area contributed by atoms with Crippen molar-refractivity contribution in [2.75, 3.05) is 49.8 Å². The highest BCUT2D eigenvalue weighted by Gasteiger charge is 2.86. The van der Waals surface area contributed by atoms with Crippen molar-refractivity contribution in [1.29, 1.82) is 0 Å². The molecule has 0 spiro atoms. The van der Waals surface area contributed by atoms with Gasteiger partial charge in [0.2, 0.25) is 0 Å². The minimum Gasteiger partial charge on any atom is -0.458 e. The lowest BCUT2D eigenvalue weighted by Crippen LogP contribution is -2.92. The lowest BCUT2D eigenvalue weighted by atomic mass is 10.4. The first kappa shape index (κ1) is 61.8. The van der Waals surface area contributed by atoms with Gasteiger partial charge in [-0.1, -0.05) is 52.6 Å². The Labute approximate surface area is 444 Å². The molecule has 28 nitrogen and oxygen atoms in total. The zero-order valence-corrected chi connectivity index (χ0v) is 50.7. The molecule has 0 amide bonds. The van der Waals surface area contributed by atoms with Crippen LogP contribution in [0.2, 0.25) is 0 Å². The third kappa shape index (κ3) is 14.7. The van der Waals surface area contributed by atoms with Crippen molar-refractivity contribution in [2.45, 2.75) is 55.4 Å². The molecule has 0 aromatic rings. The molecule has 36 heteroatoms. The number of ether oxygens (including phenoxy) is 8. The lowest BCUT2D eigenvalue weighted by Gasteiger charge is -2.61. The second-order valence-corrected chi connectivity index (χ2v) is 40.6. The van der Waals surface area contributed by atoms with Crippen molar-refractivity contribution in [3.63, 3.8) is 0 Å². The van der Waals surface area contributed by atoms with Crippen molar-refractivity contribution in [3.05, 3.63) is 97.2 Å². The molecule has 6 heterocycles. The number of carbonyl (C=O) groups excluding carboxylic acids is 8. The van der Waals surface area contributed by atoms with Crippen LogP contribution < -0.4 is 0 Å². The van der Waals surface area contributed by atoms with Crippen LogP contribution in [0.15, 0.2) is 97.2 Å². The first-order valence-corrected chi connectivity index (χ1v) is 37.6. The molecule has 0 radical (unpaired) electrons. The van der Waals surface area contributed by atoms with Crippen molar-refractivity contribution in [3.8, 4) is 0 Å². The van der Waals surface area contributed by atoms with E-state index in [0.29, 0.717) is 0 Å². The van der Waals surface area contributed by atoms with E-state index in [1.165, 1.54) is 55.4 Å². The Balaban J connectivity index is 2.06. The van der Waals surface area contributed by atoms with Gasteiger partial charge in [0.25, 0.3) is 0 Å². The van der Waals surface area contributed by atoms with E-state index in [4.69, 9.17) is 87.3 Å². The Morgan fingerprint density at radius 2 is 0.303 bits per heavy atom. The fourth-order valence-electron chi connectivity index (χ4n) is 6.27. The predicted molar refractivity (Wildman–Crippen MR) is 265 cm³/mol. The summed E-state index contributed by atoms with van der Waals surface area (Å²) in [5.41, 5.74) is -1.61. The van der Waals surface area contributed by atoms with Crippen LogP contribution in [-0.4, -0.2) is 168 Å². The molecule has 0 aromatic carbocycles. The van der Waals surface area contributed by atoms with Gasteiger partial charge in [0.15, 0.2) is 49.8 Å². The van der Waals surface area contributed by atoms with Crippen LogP contribution in [-0.2, 0) is 126 Å². The Morgan fingerprint density at radius 3 is 0.368 bits per heavy atom. The number of esters is 8. The SMILES string of the molecule is C=C(C)C(=O)OC[Si]12O[Si]3(COC(=O)C(=C)C)O[Si]4(COC(=O)C(=C)C)O[Si](COC(=O)C(=C)C)(O1)O[Si]1(COC(=O)C(=C)C)O[Si](COC(=O)C(=C)C)(O2)O[Si](COC(=O)C(=C)C)(O3)O[Si](COC(=O)C(=C)C)(O4)O1. The van der Waals surface area contributed by atoms with Crippen molar-refractivity contribution >= 4 is 118 Å². The largest absolute Gasteiger partial charge is 0.518 e. The van der Waals surface area contributed by atoms with Crippen molar-refractivity contribution < 1.29 is 126 Å². The topological polar surface area (TPSA) is 321 Å². The number of carbonyl (C=O) groups is 8. The molecule has 0 unspecified atom stereocenters. The molecular weight excluding hydrogens is 1150 g/mol. The number of hydrogen-bond donors (Lipinski definition) is 0. The molecule has 6 saturated heterocycles. The van der Waals surface area contributed by atoms with E-state index in [0.717, 1.165) is 0 Å². The Kier molecular flexibility index (Phi) is 19.1. The molecule has 6 rings (SSSR count). The van der Waals surface area contributed by atoms with E-state index >= 15 is 0 Å². The molecule has 0 atom stereocenters. The van der Waals surface area contributed by atoms with Gasteiger partial charge in [0.1, 0.15) is 0 Å². The third-order valence-electron chi connectivity index (χ3n) is 9.56. The maximum absolute atomic E-state index is 13.5. The fourth-order valence-corrected chi connectivity index (χ4v) is 50.1. The first-order valence-electron chi connectivity index (χ1n) is 22.1. The summed E-state index contributed by atoms with van der Waals surface area (Å²) in [5.74, 6) is -8.96. The highest BCUT2D eigenvalue weighted by atomic mass is 28.6. The average molecular weight is 1210 g/mol. The predicted octanol–water partition coefficient (Wildman–Crippen LogP) is 1.03. The molecule has 0 aliphatic carbocycles. The Hall–Kier alpha value is -5.06. The van der Waals surface area contributed by atoms with Gasteiger partial charge in [-0.05, 0) is 55.4 Å². The van der Waals surface area contributed by atoms with Crippen molar-refractivity contribution in [1.82, 2.24) is 0 Å². The zero-order chi connectivity index (χ0) is 57.0. The summed E-state index contributed by atoms with van der Waals surface area (Å²) in [5, 5.41) is 0. The molecule has 6 aliphatic heterocycles. The second-order valence-electron chi connectivity index (χ2n) is 17.5. The summed E-state index contributed by atoms with van der Waals surface area (Å²) in [6.07, 6.45) is -9.59. The maximum Gasteiger partial charge on any atom is 0.518 e. The summed E-state index contributed by atoms with van der Waals surface area (Å²) in [6.45, 7) is 39.1. The molecule has 8 bridgehead atoms. The zero-order valence-electron chi connectivity index (χ0n) is 42.7. The molecule has 0 saturated carbocycles. The van der Waals surface area contributed by atoms with Gasteiger partial charge < -0.3 is 87.3 Å². The van der Waals surface area contributed by atoms with Gasteiger partial charge in [-0.25, -0.2) is 38.4 Å². The van der Waals surface area contributed by atoms with Crippen LogP contribution >= 0.6 is 0 Å². The van der Waals surface area contributed by atoms with Crippen LogP contribution in [0, 0.1) is 0 Å². The van der Waals surface area contributed by atoms with Gasteiger partial charge in [-0.3, -0.25) is 0 Å². The highest BCUT2D eigenvalue weighted by Crippen LogP contribution is 2.49. The summed E-state index contributed by atoms with van der Waals surface area (Å²) in [7, 11) is -45.2. The van der Waals surface area contributed by atoms with E-state index in [2.05, 4.69) is 52.6 Å². The van der Waals surface area contributed by atoms with Crippen LogP contribution in [0.3, 0.4) is 0 Å². The molecule has 416 valence electrons. The second kappa shape index (κ2) is 23.5. The van der Waals surface area contributed by atoms with Gasteiger partial charge in [0.05, 0.1) is 0 Å². The summed E-state index contributed by atoms with van der Waals surface area (Å²) >= 11 is 0. The standard InChI is InChI=1S/C40H56O28Si8/c1-25(2)33(41)49-17-69-57-70(18-50-34(42)26(3)4)60-73(21-53-37(45)29(9)10)62-71(58-69,19-51-35(43)27(5)6)64-75(23-55-39(47)31(13)14)65-72(59-69,20-52-36(44)28(7)8)63-74(61-70,22-54-38(46)30(11)12)67-76(66-73,68-75)24-56-40(48)32(15)16/h1,3,5,7,9,11,13,15,17-24H2,2,4,6,8,10,12,14,16H3. The van der Waals surface area contributed by atoms with E-state index in [-0.39, 0.29) is 44.6 Å². The van der Waals surface area contributed by atoms with Crippen LogP contribution in [0.25, 0.3) is 0 Å². The lowest BCUT2D eigenvalue weighted by molar-refractivity contribution is -0.143. The van der Waals surface area contributed by atoms with Gasteiger partial charge in [-0.2, -0.15) is 0 Å². The number of hydrogen-bond acceptors (Lipinski definition) is 28. The van der Waals surface area contributed by atoms with Gasteiger partial charge in [-0.15, -0.1) is 0 Å². The smallest absolute Gasteiger partial charge is 0.458 e. The minimum atomic E-state index is -5.65. The van der Waals surface area contributed by atoms with Crippen LogP contribution in [0.5, 0.6) is 0 Å². The minimum absolute atomic E-state index is 0.201. The Morgan fingerprint density at radius 1 is 0.224 bits per heavy atom. The molecule has 6 aliphatic rings. The normalized spacial score (nSPS) is 30.6. The molecule has 0 N–H and O–H groups in total. The average Bonchev–Trinajstić information content (AvgIpc) is 3.29. The van der Waals surface area contributed by atoms with E-state index in [1.807, 2.05) is 0 Å². The summed E-state index contributed by atoms with van der Waals surface area (Å²) in [4.78, 5) is 108.